The van der Waals surface area contributed by atoms with Crippen molar-refractivity contribution in [3.63, 3.8) is 0 Å². The molecule has 0 aromatic heterocycles. The first-order valence-electron chi connectivity index (χ1n) is 4.57. The summed E-state index contributed by atoms with van der Waals surface area (Å²) in [6.07, 6.45) is 1.16. The van der Waals surface area contributed by atoms with Gasteiger partial charge in [-0.3, -0.25) is 9.36 Å². The Kier molecular flexibility index (Phi) is 4.19. The molecule has 1 aromatic rings. The molecule has 0 fully saturated rings. The van der Waals surface area contributed by atoms with Crippen LogP contribution < -0.4 is 5.30 Å². The molecule has 1 rings (SSSR count). The lowest BCUT2D eigenvalue weighted by molar-refractivity contribution is 0.104. The molecule has 0 aliphatic rings. The number of hydrogen-bond acceptors (Lipinski definition) is 4. The number of benzene rings is 1. The summed E-state index contributed by atoms with van der Waals surface area (Å²) in [6.45, 7) is 3.39. The summed E-state index contributed by atoms with van der Waals surface area (Å²) < 4.78 is 21.9. The Hall–Kier alpha value is -1.22. The van der Waals surface area contributed by atoms with Crippen molar-refractivity contribution in [1.29, 1.82) is 0 Å². The van der Waals surface area contributed by atoms with Crippen LogP contribution in [-0.2, 0) is 13.6 Å². The summed E-state index contributed by atoms with van der Waals surface area (Å²) in [4.78, 5) is 11.6. The van der Waals surface area contributed by atoms with Gasteiger partial charge in [0.25, 0.3) is 0 Å². The van der Waals surface area contributed by atoms with Gasteiger partial charge >= 0.3 is 7.60 Å². The van der Waals surface area contributed by atoms with Crippen molar-refractivity contribution in [1.82, 2.24) is 0 Å². The molecule has 0 unspecified atom stereocenters. The molecule has 0 amide bonds. The van der Waals surface area contributed by atoms with Crippen LogP contribution in [0.4, 0.5) is 0 Å². The van der Waals surface area contributed by atoms with E-state index in [9.17, 15) is 9.36 Å². The van der Waals surface area contributed by atoms with Gasteiger partial charge in [-0.05, 0) is 12.1 Å². The minimum Gasteiger partial charge on any atom is -0.309 e. The van der Waals surface area contributed by atoms with E-state index >= 15 is 0 Å². The van der Waals surface area contributed by atoms with Gasteiger partial charge in [0.15, 0.2) is 5.78 Å². The van der Waals surface area contributed by atoms with Crippen LogP contribution >= 0.6 is 7.60 Å². The second-order valence-electron chi connectivity index (χ2n) is 2.95. The molecule has 0 heterocycles. The number of allylic oxidation sites excluding steroid dienone is 1. The zero-order chi connectivity index (χ0) is 12.2. The first-order chi connectivity index (χ1) is 7.59. The number of carbonyl (C=O) groups is 1. The molecule has 0 aliphatic heterocycles. The van der Waals surface area contributed by atoms with Gasteiger partial charge in [0.05, 0.1) is 5.30 Å². The monoisotopic (exact) mass is 240 g/mol. The average molecular weight is 240 g/mol. The van der Waals surface area contributed by atoms with Crippen LogP contribution in [0.15, 0.2) is 36.9 Å². The smallest absolute Gasteiger partial charge is 0.309 e. The van der Waals surface area contributed by atoms with E-state index in [4.69, 9.17) is 9.05 Å². The zero-order valence-corrected chi connectivity index (χ0v) is 10.1. The van der Waals surface area contributed by atoms with Crippen LogP contribution in [0.1, 0.15) is 10.4 Å². The lowest BCUT2D eigenvalue weighted by atomic mass is 10.1. The SMILES string of the molecule is C=CC(=O)c1ccccc1P(=O)(OC)OC. The molecule has 16 heavy (non-hydrogen) atoms. The number of carbonyl (C=O) groups excluding carboxylic acids is 1. The van der Waals surface area contributed by atoms with Crippen molar-refractivity contribution in [3.05, 3.63) is 42.5 Å². The highest BCUT2D eigenvalue weighted by Gasteiger charge is 2.28. The summed E-state index contributed by atoms with van der Waals surface area (Å²) in [5.74, 6) is -0.315. The molecule has 0 atom stereocenters. The molecule has 0 N–H and O–H groups in total. The highest BCUT2D eigenvalue weighted by Crippen LogP contribution is 2.45. The Morgan fingerprint density at radius 2 is 1.88 bits per heavy atom. The van der Waals surface area contributed by atoms with Crippen molar-refractivity contribution >= 4 is 18.7 Å². The molecule has 0 saturated heterocycles. The van der Waals surface area contributed by atoms with Gasteiger partial charge < -0.3 is 9.05 Å². The van der Waals surface area contributed by atoms with Gasteiger partial charge in [-0.2, -0.15) is 0 Å². The highest BCUT2D eigenvalue weighted by atomic mass is 31.2. The fourth-order valence-corrected chi connectivity index (χ4v) is 2.59. The predicted molar refractivity (Wildman–Crippen MR) is 62.2 cm³/mol. The molecule has 0 bridgehead atoms. The van der Waals surface area contributed by atoms with E-state index in [0.29, 0.717) is 0 Å². The number of hydrogen-bond donors (Lipinski definition) is 0. The number of rotatable bonds is 5. The van der Waals surface area contributed by atoms with E-state index in [2.05, 4.69) is 6.58 Å². The first-order valence-corrected chi connectivity index (χ1v) is 6.11. The molecular weight excluding hydrogens is 227 g/mol. The summed E-state index contributed by atoms with van der Waals surface area (Å²) in [5, 5.41) is 0.255. The zero-order valence-electron chi connectivity index (χ0n) is 9.17. The van der Waals surface area contributed by atoms with Gasteiger partial charge in [-0.1, -0.05) is 24.8 Å². The van der Waals surface area contributed by atoms with Gasteiger partial charge in [0.2, 0.25) is 0 Å². The van der Waals surface area contributed by atoms with E-state index in [-0.39, 0.29) is 16.7 Å². The van der Waals surface area contributed by atoms with Crippen molar-refractivity contribution in [2.24, 2.45) is 0 Å². The normalized spacial score (nSPS) is 11.1. The summed E-state index contributed by atoms with van der Waals surface area (Å²) in [6, 6.07) is 6.45. The Labute approximate surface area is 94.4 Å². The minimum atomic E-state index is -3.41. The van der Waals surface area contributed by atoms with Gasteiger partial charge in [0, 0.05) is 19.8 Å². The second-order valence-corrected chi connectivity index (χ2v) is 5.16. The molecule has 0 spiro atoms. The van der Waals surface area contributed by atoms with Gasteiger partial charge in [-0.25, -0.2) is 0 Å². The van der Waals surface area contributed by atoms with E-state index in [1.54, 1.807) is 24.3 Å². The molecule has 5 heteroatoms. The second kappa shape index (κ2) is 5.21. The van der Waals surface area contributed by atoms with Gasteiger partial charge in [0.1, 0.15) is 0 Å². The summed E-state index contributed by atoms with van der Waals surface area (Å²) in [5.41, 5.74) is 0.282. The average Bonchev–Trinajstić information content (AvgIpc) is 2.37. The van der Waals surface area contributed by atoms with Crippen molar-refractivity contribution in [2.45, 2.75) is 0 Å². The topological polar surface area (TPSA) is 52.6 Å². The third kappa shape index (κ3) is 2.30. The Balaban J connectivity index is 3.39. The lowest BCUT2D eigenvalue weighted by Gasteiger charge is -2.15. The third-order valence-corrected chi connectivity index (χ3v) is 4.07. The van der Waals surface area contributed by atoms with Crippen molar-refractivity contribution < 1.29 is 18.4 Å². The molecule has 4 nitrogen and oxygen atoms in total. The largest absolute Gasteiger partial charge is 0.361 e. The van der Waals surface area contributed by atoms with Crippen LogP contribution in [0.5, 0.6) is 0 Å². The molecular formula is C11H13O4P. The lowest BCUT2D eigenvalue weighted by Crippen LogP contribution is -2.16. The minimum absolute atomic E-state index is 0.255. The van der Waals surface area contributed by atoms with Crippen molar-refractivity contribution in [3.8, 4) is 0 Å². The molecule has 1 aromatic carbocycles. The Morgan fingerprint density at radius 3 is 2.38 bits per heavy atom. The molecule has 86 valence electrons. The van der Waals surface area contributed by atoms with E-state index in [1.807, 2.05) is 0 Å². The standard InChI is InChI=1S/C11H13O4P/c1-4-10(12)9-7-5-6-8-11(9)16(13,14-2)15-3/h4-8H,1H2,2-3H3. The molecule has 0 radical (unpaired) electrons. The highest BCUT2D eigenvalue weighted by molar-refractivity contribution is 7.62. The summed E-state index contributed by atoms with van der Waals surface area (Å²) >= 11 is 0. The Morgan fingerprint density at radius 1 is 1.31 bits per heavy atom. The summed E-state index contributed by atoms with van der Waals surface area (Å²) in [7, 11) is -0.852. The van der Waals surface area contributed by atoms with Crippen LogP contribution in [0.2, 0.25) is 0 Å². The number of ketones is 1. The van der Waals surface area contributed by atoms with Crippen LogP contribution in [0, 0.1) is 0 Å². The van der Waals surface area contributed by atoms with E-state index < -0.39 is 7.60 Å². The van der Waals surface area contributed by atoms with E-state index in [0.717, 1.165) is 6.08 Å². The van der Waals surface area contributed by atoms with Crippen LogP contribution in [0.25, 0.3) is 0 Å². The van der Waals surface area contributed by atoms with Crippen LogP contribution in [0.3, 0.4) is 0 Å². The van der Waals surface area contributed by atoms with Gasteiger partial charge in [-0.15, -0.1) is 0 Å². The maximum atomic E-state index is 12.2. The van der Waals surface area contributed by atoms with E-state index in [1.165, 1.54) is 14.2 Å². The van der Waals surface area contributed by atoms with Crippen molar-refractivity contribution in [2.75, 3.05) is 14.2 Å². The van der Waals surface area contributed by atoms with Crippen LogP contribution in [-0.4, -0.2) is 20.0 Å². The molecule has 0 saturated carbocycles. The fourth-order valence-electron chi connectivity index (χ4n) is 1.30. The predicted octanol–water partition coefficient (Wildman–Crippen LogP) is 2.17. The quantitative estimate of drug-likeness (QED) is 0.449. The third-order valence-electron chi connectivity index (χ3n) is 2.13. The first kappa shape index (κ1) is 12.8. The maximum absolute atomic E-state index is 12.2. The maximum Gasteiger partial charge on any atom is 0.361 e. The fraction of sp³-hybridized carbons (Fsp3) is 0.182. The molecule has 0 aliphatic carbocycles. The Bertz CT molecular complexity index is 445.